The van der Waals surface area contributed by atoms with Crippen LogP contribution < -0.4 is 0 Å². The molecule has 0 spiro atoms. The van der Waals surface area contributed by atoms with Gasteiger partial charge >= 0.3 is 0 Å². The van der Waals surface area contributed by atoms with Crippen LogP contribution in [0.2, 0.25) is 0 Å². The number of rotatable bonds is 3. The summed E-state index contributed by atoms with van der Waals surface area (Å²) in [6.45, 7) is 5.80. The van der Waals surface area contributed by atoms with Gasteiger partial charge in [0.05, 0.1) is 6.04 Å². The molecule has 1 aromatic heterocycles. The molecule has 4 heteroatoms. The molecule has 2 aliphatic heterocycles. The lowest BCUT2D eigenvalue weighted by atomic mass is 9.99. The molecule has 2 aliphatic rings. The number of hydrogen-bond donors (Lipinski definition) is 1. The molecule has 0 radical (unpaired) electrons. The molecule has 0 amide bonds. The zero-order valence-corrected chi connectivity index (χ0v) is 11.2. The van der Waals surface area contributed by atoms with Crippen LogP contribution in [0.25, 0.3) is 0 Å². The second kappa shape index (κ2) is 5.02. The van der Waals surface area contributed by atoms with Crippen LogP contribution >= 0.6 is 0 Å². The Morgan fingerprint density at radius 1 is 1.44 bits per heavy atom. The van der Waals surface area contributed by atoms with Gasteiger partial charge in [-0.15, -0.1) is 0 Å². The van der Waals surface area contributed by atoms with Crippen LogP contribution in [0.4, 0.5) is 0 Å². The summed E-state index contributed by atoms with van der Waals surface area (Å²) >= 11 is 0. The van der Waals surface area contributed by atoms with Crippen molar-refractivity contribution in [1.82, 2.24) is 14.5 Å². The Morgan fingerprint density at radius 2 is 2.33 bits per heavy atom. The Labute approximate surface area is 109 Å². The first-order valence-corrected chi connectivity index (χ1v) is 7.22. The molecule has 18 heavy (non-hydrogen) atoms. The van der Waals surface area contributed by atoms with E-state index in [1.165, 1.54) is 30.9 Å². The monoisotopic (exact) mass is 249 g/mol. The third-order valence-corrected chi connectivity index (χ3v) is 4.54. The maximum Gasteiger partial charge on any atom is 0.126 e. The standard InChI is InChI=1S/C14H23N3O/c1-2-16-7-3-4-13(16)14-15-8-12-6-5-11(10-18)9-17(12)14/h8,11,13,18H,2-7,9-10H2,1H3. The smallest absolute Gasteiger partial charge is 0.126 e. The minimum absolute atomic E-state index is 0.305. The topological polar surface area (TPSA) is 41.3 Å². The molecule has 1 saturated heterocycles. The summed E-state index contributed by atoms with van der Waals surface area (Å²) in [7, 11) is 0. The third kappa shape index (κ3) is 1.97. The SMILES string of the molecule is CCN1CCCC1c1ncc2n1CC(CO)CC2. The van der Waals surface area contributed by atoms with E-state index in [1.54, 1.807) is 0 Å². The number of aryl methyl sites for hydroxylation is 1. The zero-order valence-electron chi connectivity index (χ0n) is 11.2. The summed E-state index contributed by atoms with van der Waals surface area (Å²) in [4.78, 5) is 7.21. The van der Waals surface area contributed by atoms with Gasteiger partial charge in [0.1, 0.15) is 5.82 Å². The fourth-order valence-corrected chi connectivity index (χ4v) is 3.45. The van der Waals surface area contributed by atoms with Gasteiger partial charge in [-0.3, -0.25) is 4.90 Å². The van der Waals surface area contributed by atoms with Crippen LogP contribution in [0.15, 0.2) is 6.20 Å². The highest BCUT2D eigenvalue weighted by molar-refractivity contribution is 5.13. The van der Waals surface area contributed by atoms with Gasteiger partial charge < -0.3 is 9.67 Å². The zero-order chi connectivity index (χ0) is 12.5. The van der Waals surface area contributed by atoms with E-state index in [2.05, 4.69) is 27.6 Å². The predicted octanol–water partition coefficient (Wildman–Crippen LogP) is 1.59. The first-order chi connectivity index (χ1) is 8.83. The molecule has 1 aromatic rings. The third-order valence-electron chi connectivity index (χ3n) is 4.54. The number of fused-ring (bicyclic) bond motifs is 1. The van der Waals surface area contributed by atoms with Crippen molar-refractivity contribution in [3.8, 4) is 0 Å². The fourth-order valence-electron chi connectivity index (χ4n) is 3.45. The normalized spacial score (nSPS) is 28.6. The van der Waals surface area contributed by atoms with Crippen molar-refractivity contribution in [2.75, 3.05) is 19.7 Å². The van der Waals surface area contributed by atoms with Gasteiger partial charge in [-0.2, -0.15) is 0 Å². The van der Waals surface area contributed by atoms with Crippen molar-refractivity contribution in [3.05, 3.63) is 17.7 Å². The number of aliphatic hydroxyl groups excluding tert-OH is 1. The molecular formula is C14H23N3O. The molecule has 4 nitrogen and oxygen atoms in total. The molecule has 2 unspecified atom stereocenters. The van der Waals surface area contributed by atoms with Crippen LogP contribution in [0.3, 0.4) is 0 Å². The first-order valence-electron chi connectivity index (χ1n) is 7.22. The van der Waals surface area contributed by atoms with Crippen molar-refractivity contribution in [1.29, 1.82) is 0 Å². The van der Waals surface area contributed by atoms with E-state index in [9.17, 15) is 5.11 Å². The molecule has 1 N–H and O–H groups in total. The summed E-state index contributed by atoms with van der Waals surface area (Å²) in [5, 5.41) is 9.36. The highest BCUT2D eigenvalue weighted by atomic mass is 16.3. The van der Waals surface area contributed by atoms with E-state index in [1.807, 2.05) is 0 Å². The molecule has 0 saturated carbocycles. The highest BCUT2D eigenvalue weighted by Crippen LogP contribution is 2.33. The van der Waals surface area contributed by atoms with E-state index < -0.39 is 0 Å². The van der Waals surface area contributed by atoms with Gasteiger partial charge in [0, 0.05) is 31.0 Å². The number of aromatic nitrogens is 2. The summed E-state index contributed by atoms with van der Waals surface area (Å²) in [6.07, 6.45) is 6.73. The van der Waals surface area contributed by atoms with Gasteiger partial charge in [-0.1, -0.05) is 6.92 Å². The number of imidazole rings is 1. The summed E-state index contributed by atoms with van der Waals surface area (Å²) < 4.78 is 2.38. The minimum Gasteiger partial charge on any atom is -0.396 e. The van der Waals surface area contributed by atoms with E-state index in [0.29, 0.717) is 18.6 Å². The molecule has 3 heterocycles. The second-order valence-corrected chi connectivity index (χ2v) is 5.59. The maximum absolute atomic E-state index is 9.36. The van der Waals surface area contributed by atoms with E-state index in [-0.39, 0.29) is 0 Å². The van der Waals surface area contributed by atoms with Crippen molar-refractivity contribution < 1.29 is 5.11 Å². The Morgan fingerprint density at radius 3 is 3.11 bits per heavy atom. The van der Waals surface area contributed by atoms with Crippen LogP contribution in [-0.4, -0.2) is 39.3 Å². The fraction of sp³-hybridized carbons (Fsp3) is 0.786. The lowest BCUT2D eigenvalue weighted by Crippen LogP contribution is -2.29. The second-order valence-electron chi connectivity index (χ2n) is 5.59. The van der Waals surface area contributed by atoms with Gasteiger partial charge in [0.15, 0.2) is 0 Å². The Kier molecular flexibility index (Phi) is 3.39. The summed E-state index contributed by atoms with van der Waals surface area (Å²) in [5.41, 5.74) is 1.36. The molecule has 3 rings (SSSR count). The quantitative estimate of drug-likeness (QED) is 0.884. The molecule has 0 bridgehead atoms. The van der Waals surface area contributed by atoms with Crippen molar-refractivity contribution in [3.63, 3.8) is 0 Å². The van der Waals surface area contributed by atoms with Crippen molar-refractivity contribution in [2.45, 2.75) is 45.2 Å². The van der Waals surface area contributed by atoms with Crippen LogP contribution in [0.5, 0.6) is 0 Å². The van der Waals surface area contributed by atoms with E-state index in [0.717, 1.165) is 25.9 Å². The Balaban J connectivity index is 1.87. The van der Waals surface area contributed by atoms with E-state index in [4.69, 9.17) is 0 Å². The lowest BCUT2D eigenvalue weighted by Gasteiger charge is -2.28. The maximum atomic E-state index is 9.36. The summed E-state index contributed by atoms with van der Waals surface area (Å²) in [5.74, 6) is 1.66. The van der Waals surface area contributed by atoms with Crippen molar-refractivity contribution in [2.24, 2.45) is 5.92 Å². The van der Waals surface area contributed by atoms with Crippen LogP contribution in [0.1, 0.15) is 43.7 Å². The van der Waals surface area contributed by atoms with Gasteiger partial charge in [-0.25, -0.2) is 4.98 Å². The lowest BCUT2D eigenvalue weighted by molar-refractivity contribution is 0.184. The van der Waals surface area contributed by atoms with Crippen molar-refractivity contribution >= 4 is 0 Å². The molecule has 2 atom stereocenters. The minimum atomic E-state index is 0.305. The predicted molar refractivity (Wildman–Crippen MR) is 70.3 cm³/mol. The highest BCUT2D eigenvalue weighted by Gasteiger charge is 2.31. The first kappa shape index (κ1) is 12.2. The average Bonchev–Trinajstić information content (AvgIpc) is 3.03. The Bertz CT molecular complexity index is 415. The van der Waals surface area contributed by atoms with Crippen LogP contribution in [-0.2, 0) is 13.0 Å². The summed E-state index contributed by atoms with van der Waals surface area (Å²) in [6, 6.07) is 0.501. The number of likely N-dealkylation sites (tertiary alicyclic amines) is 1. The number of hydrogen-bond acceptors (Lipinski definition) is 3. The van der Waals surface area contributed by atoms with Gasteiger partial charge in [-0.05, 0) is 38.8 Å². The molecule has 1 fully saturated rings. The van der Waals surface area contributed by atoms with E-state index >= 15 is 0 Å². The van der Waals surface area contributed by atoms with Gasteiger partial charge in [0.2, 0.25) is 0 Å². The number of aliphatic hydroxyl groups is 1. The molecule has 0 aliphatic carbocycles. The number of nitrogens with zero attached hydrogens (tertiary/aromatic N) is 3. The Hall–Kier alpha value is -0.870. The molecule has 0 aromatic carbocycles. The molecular weight excluding hydrogens is 226 g/mol. The average molecular weight is 249 g/mol. The largest absolute Gasteiger partial charge is 0.396 e. The molecule has 100 valence electrons. The van der Waals surface area contributed by atoms with Gasteiger partial charge in [0.25, 0.3) is 0 Å². The van der Waals surface area contributed by atoms with Crippen LogP contribution in [0, 0.1) is 5.92 Å².